The van der Waals surface area contributed by atoms with Crippen LogP contribution in [0.2, 0.25) is 0 Å². The number of carbonyl (C=O) groups excluding carboxylic acids is 6. The minimum Gasteiger partial charge on any atom is -0.507 e. The van der Waals surface area contributed by atoms with E-state index in [1.165, 1.54) is 55.2 Å². The lowest BCUT2D eigenvalue weighted by Crippen LogP contribution is -2.79. The summed E-state index contributed by atoms with van der Waals surface area (Å²) in [5, 5.41) is 49.1. The second-order valence-corrected chi connectivity index (χ2v) is 19.7. The van der Waals surface area contributed by atoms with Gasteiger partial charge in [-0.3, -0.25) is 43.5 Å². The number of aryl methyl sites for hydroxylation is 1. The summed E-state index contributed by atoms with van der Waals surface area (Å²) in [6.07, 6.45) is 3.99. The van der Waals surface area contributed by atoms with Crippen molar-refractivity contribution in [2.75, 3.05) is 60.1 Å². The number of carbonyl (C=O) groups is 6. The van der Waals surface area contributed by atoms with E-state index in [0.717, 1.165) is 44.3 Å². The number of aliphatic hydroxyl groups is 3. The van der Waals surface area contributed by atoms with E-state index < -0.39 is 81.8 Å². The van der Waals surface area contributed by atoms with E-state index in [9.17, 15) is 49.2 Å². The van der Waals surface area contributed by atoms with Crippen molar-refractivity contribution in [1.29, 1.82) is 0 Å². The number of hydrogen-bond acceptors (Lipinski definition) is 14. The number of rotatable bonds is 8. The van der Waals surface area contributed by atoms with Crippen LogP contribution in [0.25, 0.3) is 0 Å². The average Bonchev–Trinajstić information content (AvgIpc) is 3.55. The van der Waals surface area contributed by atoms with Crippen molar-refractivity contribution >= 4 is 34.8 Å². The number of amides is 1. The van der Waals surface area contributed by atoms with Crippen LogP contribution in [0.3, 0.4) is 0 Å². The fourth-order valence-corrected chi connectivity index (χ4v) is 13.1. The lowest BCUT2D eigenvalue weighted by Gasteiger charge is -2.57. The number of ether oxygens (including phenoxy) is 1. The Morgan fingerprint density at radius 1 is 0.919 bits per heavy atom. The average molecular weight is 855 g/mol. The first kappa shape index (κ1) is 42.9. The number of phenols is 1. The molecule has 0 bridgehead atoms. The quantitative estimate of drug-likeness (QED) is 0.236. The smallest absolute Gasteiger partial charge is 0.239 e. The molecule has 62 heavy (non-hydrogen) atoms. The van der Waals surface area contributed by atoms with Crippen molar-refractivity contribution in [2.45, 2.75) is 81.6 Å². The van der Waals surface area contributed by atoms with Crippen molar-refractivity contribution in [3.63, 3.8) is 0 Å². The minimum absolute atomic E-state index is 0.0132. The van der Waals surface area contributed by atoms with Crippen molar-refractivity contribution < 1.29 is 53.9 Å². The SMILES string of the molecule is CN(C)C1C(=O)C(C(=O)NCN2CCN(CCOc3ccc4c(c3)CCC3C4CCC4(C)C(=O)CCC34)CC2)C(=O)C2(O)C(=O)C3C(=O)c4c(O)cccc4C(C)(O)C3C(O)C12. The lowest BCUT2D eigenvalue weighted by molar-refractivity contribution is -0.210. The van der Waals surface area contributed by atoms with Gasteiger partial charge in [0.05, 0.1) is 41.8 Å². The number of aromatic hydroxyl groups is 1. The van der Waals surface area contributed by atoms with Gasteiger partial charge < -0.3 is 30.5 Å². The third-order valence-electron chi connectivity index (χ3n) is 16.4. The first-order chi connectivity index (χ1) is 29.4. The molecular formula is C47H58N4O11. The lowest BCUT2D eigenvalue weighted by atomic mass is 9.48. The van der Waals surface area contributed by atoms with E-state index in [-0.39, 0.29) is 23.2 Å². The summed E-state index contributed by atoms with van der Waals surface area (Å²) in [7, 11) is 2.90. The molecule has 0 spiro atoms. The number of nitrogens with one attached hydrogen (secondary N) is 1. The maximum atomic E-state index is 14.4. The van der Waals surface area contributed by atoms with Crippen LogP contribution in [0, 0.1) is 40.9 Å². The van der Waals surface area contributed by atoms with E-state index in [1.54, 1.807) is 0 Å². The molecule has 15 nitrogen and oxygen atoms in total. The summed E-state index contributed by atoms with van der Waals surface area (Å²) in [5.74, 6) is -10.8. The third-order valence-corrected chi connectivity index (χ3v) is 16.4. The maximum absolute atomic E-state index is 14.4. The Bertz CT molecular complexity index is 2240. The van der Waals surface area contributed by atoms with Gasteiger partial charge in [0.2, 0.25) is 5.91 Å². The molecule has 2 aromatic carbocycles. The molecule has 0 aromatic heterocycles. The van der Waals surface area contributed by atoms with E-state index in [0.29, 0.717) is 62.9 Å². The Morgan fingerprint density at radius 3 is 2.37 bits per heavy atom. The monoisotopic (exact) mass is 854 g/mol. The van der Waals surface area contributed by atoms with Gasteiger partial charge in [-0.2, -0.15) is 0 Å². The number of benzene rings is 2. The number of Topliss-reactive ketones (excluding diaryl/α,β-unsaturated/α-hetero) is 5. The molecule has 5 fully saturated rings. The van der Waals surface area contributed by atoms with Gasteiger partial charge in [0.1, 0.15) is 23.9 Å². The highest BCUT2D eigenvalue weighted by Crippen LogP contribution is 2.60. The Kier molecular flexibility index (Phi) is 10.7. The van der Waals surface area contributed by atoms with Crippen LogP contribution in [-0.4, -0.2) is 148 Å². The first-order valence-electron chi connectivity index (χ1n) is 22.2. The van der Waals surface area contributed by atoms with Gasteiger partial charge >= 0.3 is 0 Å². The molecule has 12 atom stereocenters. The molecule has 1 heterocycles. The molecule has 9 rings (SSSR count). The largest absolute Gasteiger partial charge is 0.507 e. The van der Waals surface area contributed by atoms with Crippen molar-refractivity contribution in [2.24, 2.45) is 40.9 Å². The van der Waals surface area contributed by atoms with Crippen LogP contribution in [0.15, 0.2) is 36.4 Å². The Balaban J connectivity index is 0.804. The van der Waals surface area contributed by atoms with E-state index in [2.05, 4.69) is 35.3 Å². The van der Waals surface area contributed by atoms with Crippen LogP contribution in [0.4, 0.5) is 0 Å². The zero-order valence-electron chi connectivity index (χ0n) is 35.8. The molecule has 0 radical (unpaired) electrons. The summed E-state index contributed by atoms with van der Waals surface area (Å²) in [6.45, 7) is 7.13. The van der Waals surface area contributed by atoms with E-state index in [4.69, 9.17) is 4.74 Å². The summed E-state index contributed by atoms with van der Waals surface area (Å²) in [5.41, 5.74) is -2.99. The normalized spacial score (nSPS) is 38.1. The van der Waals surface area contributed by atoms with Crippen LogP contribution >= 0.6 is 0 Å². The van der Waals surface area contributed by atoms with Gasteiger partial charge in [0, 0.05) is 50.5 Å². The molecule has 1 saturated heterocycles. The molecule has 7 aliphatic rings. The Morgan fingerprint density at radius 2 is 1.65 bits per heavy atom. The van der Waals surface area contributed by atoms with Gasteiger partial charge in [0.15, 0.2) is 34.7 Å². The van der Waals surface area contributed by atoms with Crippen LogP contribution in [0.5, 0.6) is 11.5 Å². The number of aliphatic hydroxyl groups excluding tert-OH is 1. The highest BCUT2D eigenvalue weighted by atomic mass is 16.5. The van der Waals surface area contributed by atoms with E-state index in [1.807, 2.05) is 4.90 Å². The molecule has 15 heteroatoms. The molecule has 2 aromatic rings. The Labute approximate surface area is 360 Å². The van der Waals surface area contributed by atoms with E-state index >= 15 is 0 Å². The second-order valence-electron chi connectivity index (χ2n) is 19.7. The predicted octanol–water partition coefficient (Wildman–Crippen LogP) is 1.21. The fraction of sp³-hybridized carbons (Fsp3) is 0.617. The fourth-order valence-electron chi connectivity index (χ4n) is 13.1. The summed E-state index contributed by atoms with van der Waals surface area (Å²) < 4.78 is 6.23. The van der Waals surface area contributed by atoms with Gasteiger partial charge in [-0.15, -0.1) is 0 Å². The molecular weight excluding hydrogens is 797 g/mol. The Hall–Kier alpha value is -4.38. The molecule has 1 amide bonds. The van der Waals surface area contributed by atoms with Gasteiger partial charge in [-0.05, 0) is 106 Å². The summed E-state index contributed by atoms with van der Waals surface area (Å²) in [4.78, 5) is 88.7. The summed E-state index contributed by atoms with van der Waals surface area (Å²) >= 11 is 0. The zero-order chi connectivity index (χ0) is 44.2. The second kappa shape index (κ2) is 15.4. The maximum Gasteiger partial charge on any atom is 0.239 e. The van der Waals surface area contributed by atoms with Crippen LogP contribution < -0.4 is 10.1 Å². The molecule has 12 unspecified atom stereocenters. The number of phenolic OH excluding ortho intramolecular Hbond substituents is 1. The van der Waals surface area contributed by atoms with Crippen LogP contribution in [-0.2, 0) is 36.0 Å². The van der Waals surface area contributed by atoms with Crippen LogP contribution in [0.1, 0.15) is 78.9 Å². The molecule has 1 aliphatic heterocycles. The predicted molar refractivity (Wildman–Crippen MR) is 222 cm³/mol. The van der Waals surface area contributed by atoms with Crippen molar-refractivity contribution in [3.05, 3.63) is 58.7 Å². The van der Waals surface area contributed by atoms with Gasteiger partial charge in [-0.1, -0.05) is 25.1 Å². The first-order valence-corrected chi connectivity index (χ1v) is 22.2. The summed E-state index contributed by atoms with van der Waals surface area (Å²) in [6, 6.07) is 8.97. The van der Waals surface area contributed by atoms with Gasteiger partial charge in [-0.25, -0.2) is 0 Å². The number of ketones is 5. The number of hydrogen-bond donors (Lipinski definition) is 5. The standard InChI is InChI=1S/C47H58N4O11/c1-45-15-14-27-26-11-9-25(22-24(26)8-10-28(27)29(45)12-13-32(45)53)62-21-20-50-16-18-51(19-17-50)23-48-44(59)35-40(55)38(49(3)4)37-41(56)36-34(42(57)47(37,61)43(35)58)39(54)33-30(46(36,2)60)6-5-7-31(33)52/h5-7,9,11,22,27-29,34-38,41,52,56,60-61H,8,10,12-21,23H2,1-4H3,(H,48,59). The number of likely N-dealkylation sites (N-methyl/N-ethyl adjacent to an activating group) is 1. The third kappa shape index (κ3) is 6.35. The number of piperazine rings is 1. The van der Waals surface area contributed by atoms with Gasteiger partial charge in [0.25, 0.3) is 0 Å². The topological polar surface area (TPSA) is 214 Å². The molecule has 5 N–H and O–H groups in total. The zero-order valence-corrected chi connectivity index (χ0v) is 35.8. The highest BCUT2D eigenvalue weighted by molar-refractivity contribution is 6.32. The molecule has 332 valence electrons. The van der Waals surface area contributed by atoms with Crippen molar-refractivity contribution in [3.8, 4) is 11.5 Å². The highest BCUT2D eigenvalue weighted by Gasteiger charge is 2.74. The number of nitrogens with zero attached hydrogens (tertiary/aromatic N) is 3. The molecule has 6 aliphatic carbocycles. The van der Waals surface area contributed by atoms with Crippen molar-refractivity contribution in [1.82, 2.24) is 20.0 Å². The molecule has 4 saturated carbocycles. The minimum atomic E-state index is -3.13. The number of fused-ring (bicyclic) bond motifs is 8.